The van der Waals surface area contributed by atoms with Crippen molar-refractivity contribution in [3.05, 3.63) is 0 Å². The number of hydrogen-bond donors (Lipinski definition) is 1. The number of rotatable bonds is 4. The molecular weight excluding hydrogens is 124 g/mol. The Bertz CT molecular complexity index is 107. The molecule has 0 radical (unpaired) electrons. The summed E-state index contributed by atoms with van der Waals surface area (Å²) in [5.74, 6) is 0.637. The molecule has 0 aromatic heterocycles. The van der Waals surface area contributed by atoms with Crippen LogP contribution >= 0.6 is 0 Å². The highest BCUT2D eigenvalue weighted by molar-refractivity contribution is 4.93. The first-order chi connectivity index (χ1) is 4.73. The second-order valence-electron chi connectivity index (χ2n) is 3.48. The zero-order valence-electron chi connectivity index (χ0n) is 7.06. The molecule has 0 aromatic rings. The molecule has 0 bridgehead atoms. The van der Waals surface area contributed by atoms with Gasteiger partial charge in [-0.1, -0.05) is 20.3 Å². The minimum Gasteiger partial charge on any atom is -0.390 e. The molecule has 1 heteroatoms. The van der Waals surface area contributed by atoms with Crippen LogP contribution in [0.1, 0.15) is 46.0 Å². The van der Waals surface area contributed by atoms with E-state index in [1.807, 2.05) is 0 Å². The van der Waals surface area contributed by atoms with E-state index < -0.39 is 0 Å². The predicted molar refractivity (Wildman–Crippen MR) is 42.9 cm³/mol. The van der Waals surface area contributed by atoms with Crippen molar-refractivity contribution in [2.75, 3.05) is 0 Å². The van der Waals surface area contributed by atoms with Crippen molar-refractivity contribution in [2.45, 2.75) is 51.6 Å². The van der Waals surface area contributed by atoms with Crippen LogP contribution in [0.15, 0.2) is 0 Å². The average molecular weight is 142 g/mol. The van der Waals surface area contributed by atoms with Crippen molar-refractivity contribution in [3.63, 3.8) is 0 Å². The molecule has 1 aliphatic carbocycles. The van der Waals surface area contributed by atoms with Gasteiger partial charge in [-0.25, -0.2) is 0 Å². The molecule has 1 aliphatic rings. The highest BCUT2D eigenvalue weighted by Gasteiger charge is 2.41. The maximum Gasteiger partial charge on any atom is 0.0673 e. The van der Waals surface area contributed by atoms with Crippen LogP contribution in [0.4, 0.5) is 0 Å². The molecule has 10 heavy (non-hydrogen) atoms. The van der Waals surface area contributed by atoms with E-state index in [0.29, 0.717) is 5.92 Å². The molecule has 1 atom stereocenters. The van der Waals surface area contributed by atoms with Crippen LogP contribution in [-0.2, 0) is 0 Å². The minimum absolute atomic E-state index is 0.297. The largest absolute Gasteiger partial charge is 0.390 e. The lowest BCUT2D eigenvalue weighted by molar-refractivity contribution is 0.00456. The highest BCUT2D eigenvalue weighted by Crippen LogP contribution is 2.43. The lowest BCUT2D eigenvalue weighted by atomic mass is 9.90. The Labute approximate surface area is 63.4 Å². The Morgan fingerprint density at radius 3 is 2.30 bits per heavy atom. The molecule has 1 N–H and O–H groups in total. The van der Waals surface area contributed by atoms with Crippen LogP contribution in [0.5, 0.6) is 0 Å². The lowest BCUT2D eigenvalue weighted by Crippen LogP contribution is -2.29. The Balaban J connectivity index is 2.39. The molecule has 1 nitrogen and oxygen atoms in total. The molecular formula is C9H18O. The Kier molecular flexibility index (Phi) is 2.35. The molecule has 0 aliphatic heterocycles. The highest BCUT2D eigenvalue weighted by atomic mass is 16.3. The van der Waals surface area contributed by atoms with Crippen molar-refractivity contribution < 1.29 is 5.11 Å². The summed E-state index contributed by atoms with van der Waals surface area (Å²) in [6.07, 6.45) is 5.55. The molecule has 1 rings (SSSR count). The van der Waals surface area contributed by atoms with Gasteiger partial charge < -0.3 is 5.11 Å². The molecule has 0 unspecified atom stereocenters. The summed E-state index contributed by atoms with van der Waals surface area (Å²) >= 11 is 0. The molecule has 1 fully saturated rings. The van der Waals surface area contributed by atoms with Gasteiger partial charge in [-0.15, -0.1) is 0 Å². The van der Waals surface area contributed by atoms with E-state index in [0.717, 1.165) is 19.3 Å². The van der Waals surface area contributed by atoms with Crippen LogP contribution in [0, 0.1) is 5.92 Å². The van der Waals surface area contributed by atoms with Crippen LogP contribution < -0.4 is 0 Å². The maximum absolute atomic E-state index is 9.96. The first kappa shape index (κ1) is 8.06. The predicted octanol–water partition coefficient (Wildman–Crippen LogP) is 2.34. The van der Waals surface area contributed by atoms with Crippen LogP contribution in [0.25, 0.3) is 0 Å². The van der Waals surface area contributed by atoms with Crippen molar-refractivity contribution in [2.24, 2.45) is 5.92 Å². The van der Waals surface area contributed by atoms with Gasteiger partial charge >= 0.3 is 0 Å². The van der Waals surface area contributed by atoms with Gasteiger partial charge in [0.2, 0.25) is 0 Å². The second kappa shape index (κ2) is 2.91. The van der Waals surface area contributed by atoms with Crippen molar-refractivity contribution in [1.29, 1.82) is 0 Å². The first-order valence-corrected chi connectivity index (χ1v) is 4.45. The fraction of sp³-hybridized carbons (Fsp3) is 1.00. The zero-order chi connectivity index (χ0) is 7.61. The molecule has 0 amide bonds. The minimum atomic E-state index is -0.297. The van der Waals surface area contributed by atoms with Crippen LogP contribution in [-0.4, -0.2) is 10.7 Å². The van der Waals surface area contributed by atoms with Gasteiger partial charge in [0.1, 0.15) is 0 Å². The third-order valence-corrected chi connectivity index (χ3v) is 2.63. The normalized spacial score (nSPS) is 24.3. The molecule has 1 saturated carbocycles. The van der Waals surface area contributed by atoms with Crippen molar-refractivity contribution >= 4 is 0 Å². The fourth-order valence-corrected chi connectivity index (χ4v) is 1.72. The molecule has 0 heterocycles. The number of hydrogen-bond acceptors (Lipinski definition) is 1. The van der Waals surface area contributed by atoms with Crippen molar-refractivity contribution in [3.8, 4) is 0 Å². The van der Waals surface area contributed by atoms with Gasteiger partial charge in [-0.05, 0) is 31.6 Å². The Morgan fingerprint density at radius 2 is 2.00 bits per heavy atom. The van der Waals surface area contributed by atoms with E-state index in [4.69, 9.17) is 0 Å². The smallest absolute Gasteiger partial charge is 0.0673 e. The van der Waals surface area contributed by atoms with E-state index in [-0.39, 0.29) is 5.60 Å². The monoisotopic (exact) mass is 142 g/mol. The Morgan fingerprint density at radius 1 is 1.40 bits per heavy atom. The number of aliphatic hydroxyl groups is 1. The standard InChI is InChI=1S/C9H18O/c1-3-7-9(10,4-2)8-5-6-8/h8,10H,3-7H2,1-2H3/t9-/m1/s1. The van der Waals surface area contributed by atoms with E-state index >= 15 is 0 Å². The van der Waals surface area contributed by atoms with Gasteiger partial charge in [0.05, 0.1) is 5.60 Å². The summed E-state index contributed by atoms with van der Waals surface area (Å²) in [5, 5.41) is 9.96. The molecule has 0 aromatic carbocycles. The van der Waals surface area contributed by atoms with E-state index in [1.165, 1.54) is 12.8 Å². The van der Waals surface area contributed by atoms with Gasteiger partial charge in [0.25, 0.3) is 0 Å². The summed E-state index contributed by atoms with van der Waals surface area (Å²) in [6.45, 7) is 4.23. The third kappa shape index (κ3) is 1.51. The molecule has 0 saturated heterocycles. The third-order valence-electron chi connectivity index (χ3n) is 2.63. The lowest BCUT2D eigenvalue weighted by Gasteiger charge is -2.25. The summed E-state index contributed by atoms with van der Waals surface area (Å²) < 4.78 is 0. The van der Waals surface area contributed by atoms with Gasteiger partial charge in [-0.2, -0.15) is 0 Å². The Hall–Kier alpha value is -0.0400. The van der Waals surface area contributed by atoms with Gasteiger partial charge in [0.15, 0.2) is 0 Å². The van der Waals surface area contributed by atoms with Crippen molar-refractivity contribution in [1.82, 2.24) is 0 Å². The van der Waals surface area contributed by atoms with E-state index in [2.05, 4.69) is 13.8 Å². The second-order valence-corrected chi connectivity index (χ2v) is 3.48. The molecule has 60 valence electrons. The average Bonchev–Trinajstić information content (AvgIpc) is 2.69. The quantitative estimate of drug-likeness (QED) is 0.638. The first-order valence-electron chi connectivity index (χ1n) is 4.45. The summed E-state index contributed by atoms with van der Waals surface area (Å²) in [4.78, 5) is 0. The maximum atomic E-state index is 9.96. The van der Waals surface area contributed by atoms with Gasteiger partial charge in [0, 0.05) is 0 Å². The van der Waals surface area contributed by atoms with E-state index in [1.54, 1.807) is 0 Å². The van der Waals surface area contributed by atoms with Gasteiger partial charge in [-0.3, -0.25) is 0 Å². The SMILES string of the molecule is CCC[C@](O)(CC)C1CC1. The topological polar surface area (TPSA) is 20.2 Å². The summed E-state index contributed by atoms with van der Waals surface area (Å²) in [5.41, 5.74) is -0.297. The fourth-order valence-electron chi connectivity index (χ4n) is 1.72. The molecule has 0 spiro atoms. The summed E-state index contributed by atoms with van der Waals surface area (Å²) in [6, 6.07) is 0. The van der Waals surface area contributed by atoms with Crippen LogP contribution in [0.2, 0.25) is 0 Å². The summed E-state index contributed by atoms with van der Waals surface area (Å²) in [7, 11) is 0. The van der Waals surface area contributed by atoms with Crippen LogP contribution in [0.3, 0.4) is 0 Å². The van der Waals surface area contributed by atoms with E-state index in [9.17, 15) is 5.11 Å². The zero-order valence-corrected chi connectivity index (χ0v) is 7.06.